The molecule has 0 spiro atoms. The molecule has 5 rings (SSSR count). The smallest absolute Gasteiger partial charge is 0.230 e. The fraction of sp³-hybridized carbons (Fsp3) is 0.722. The third-order valence-electron chi connectivity index (χ3n) is 5.99. The van der Waals surface area contributed by atoms with Crippen LogP contribution < -0.4 is 5.32 Å². The summed E-state index contributed by atoms with van der Waals surface area (Å²) in [4.78, 5) is 12.6. The molecule has 5 nitrogen and oxygen atoms in total. The van der Waals surface area contributed by atoms with Gasteiger partial charge >= 0.3 is 0 Å². The molecule has 0 unspecified atom stereocenters. The molecule has 1 aromatic heterocycles. The number of hydrogen-bond acceptors (Lipinski definition) is 4. The minimum Gasteiger partial charge on any atom is -0.350 e. The Labute approximate surface area is 147 Å². The van der Waals surface area contributed by atoms with Crippen LogP contribution in [0.15, 0.2) is 17.8 Å². The molecule has 4 bridgehead atoms. The van der Waals surface area contributed by atoms with Crippen molar-refractivity contribution < 1.29 is 4.79 Å². The molecule has 1 N–H and O–H groups in total. The first-order valence-corrected chi connectivity index (χ1v) is 10.00. The Morgan fingerprint density at radius 3 is 2.50 bits per heavy atom. The van der Waals surface area contributed by atoms with Gasteiger partial charge in [-0.05, 0) is 63.2 Å². The third kappa shape index (κ3) is 3.01. The van der Waals surface area contributed by atoms with Crippen LogP contribution in [-0.4, -0.2) is 32.0 Å². The molecule has 0 aromatic carbocycles. The monoisotopic (exact) mass is 346 g/mol. The van der Waals surface area contributed by atoms with Crippen LogP contribution in [0, 0.1) is 24.7 Å². The van der Waals surface area contributed by atoms with Crippen LogP contribution in [0.1, 0.15) is 44.3 Å². The Kier molecular flexibility index (Phi) is 4.19. The predicted molar refractivity (Wildman–Crippen MR) is 94.7 cm³/mol. The SMILES string of the molecule is C=CCn1c(C)nnc1SCC(=O)NC12CC3CC(CC(C3)C1)C2. The minimum absolute atomic E-state index is 0.0943. The zero-order valence-electron chi connectivity index (χ0n) is 14.3. The van der Waals surface area contributed by atoms with E-state index in [4.69, 9.17) is 0 Å². The summed E-state index contributed by atoms with van der Waals surface area (Å²) in [6.07, 6.45) is 9.61. The van der Waals surface area contributed by atoms with Crippen LogP contribution in [0.5, 0.6) is 0 Å². The van der Waals surface area contributed by atoms with E-state index < -0.39 is 0 Å². The molecular formula is C18H26N4OS. The summed E-state index contributed by atoms with van der Waals surface area (Å²) in [6, 6.07) is 0. The number of carbonyl (C=O) groups is 1. The number of rotatable bonds is 6. The number of amides is 1. The first kappa shape index (κ1) is 16.2. The molecule has 0 radical (unpaired) electrons. The van der Waals surface area contributed by atoms with Gasteiger partial charge in [0, 0.05) is 12.1 Å². The van der Waals surface area contributed by atoms with Gasteiger partial charge in [-0.3, -0.25) is 4.79 Å². The van der Waals surface area contributed by atoms with E-state index in [-0.39, 0.29) is 11.4 Å². The van der Waals surface area contributed by atoms with Crippen molar-refractivity contribution in [1.82, 2.24) is 20.1 Å². The number of aromatic nitrogens is 3. The van der Waals surface area contributed by atoms with Crippen LogP contribution in [0.3, 0.4) is 0 Å². The van der Waals surface area contributed by atoms with Gasteiger partial charge in [0.15, 0.2) is 5.16 Å². The molecule has 1 heterocycles. The molecule has 130 valence electrons. The summed E-state index contributed by atoms with van der Waals surface area (Å²) in [6.45, 7) is 6.38. The van der Waals surface area contributed by atoms with Crippen LogP contribution >= 0.6 is 11.8 Å². The number of nitrogens with one attached hydrogen (secondary N) is 1. The first-order chi connectivity index (χ1) is 11.6. The Morgan fingerprint density at radius 2 is 1.92 bits per heavy atom. The van der Waals surface area contributed by atoms with E-state index in [0.717, 1.165) is 28.7 Å². The van der Waals surface area contributed by atoms with E-state index >= 15 is 0 Å². The zero-order chi connectivity index (χ0) is 16.7. The Hall–Kier alpha value is -1.30. The van der Waals surface area contributed by atoms with E-state index in [1.54, 1.807) is 0 Å². The summed E-state index contributed by atoms with van der Waals surface area (Å²) in [5.41, 5.74) is 0.0943. The van der Waals surface area contributed by atoms with Gasteiger partial charge in [-0.1, -0.05) is 17.8 Å². The molecule has 4 fully saturated rings. The summed E-state index contributed by atoms with van der Waals surface area (Å²) < 4.78 is 2.00. The standard InChI is InChI=1S/C18H26N4OS/c1-3-4-22-12(2)20-21-17(22)24-11-16(23)19-18-8-13-5-14(9-18)7-15(6-13)10-18/h3,13-15H,1,4-11H2,2H3,(H,19,23). The maximum atomic E-state index is 12.6. The summed E-state index contributed by atoms with van der Waals surface area (Å²) in [5.74, 6) is 3.97. The number of carbonyl (C=O) groups excluding carboxylic acids is 1. The molecule has 4 aliphatic carbocycles. The zero-order valence-corrected chi connectivity index (χ0v) is 15.1. The fourth-order valence-corrected chi connectivity index (χ4v) is 6.33. The van der Waals surface area contributed by atoms with Crippen molar-refractivity contribution in [2.45, 2.75) is 62.7 Å². The topological polar surface area (TPSA) is 59.8 Å². The maximum Gasteiger partial charge on any atom is 0.230 e. The van der Waals surface area contributed by atoms with E-state index in [9.17, 15) is 4.79 Å². The average molecular weight is 347 g/mol. The average Bonchev–Trinajstić information content (AvgIpc) is 2.84. The lowest BCUT2D eigenvalue weighted by molar-refractivity contribution is -0.124. The number of aryl methyl sites for hydroxylation is 1. The van der Waals surface area contributed by atoms with Gasteiger partial charge in [-0.2, -0.15) is 0 Å². The number of hydrogen-bond donors (Lipinski definition) is 1. The first-order valence-electron chi connectivity index (χ1n) is 9.01. The van der Waals surface area contributed by atoms with Crippen molar-refractivity contribution >= 4 is 17.7 Å². The largest absolute Gasteiger partial charge is 0.350 e. The van der Waals surface area contributed by atoms with E-state index in [2.05, 4.69) is 22.1 Å². The Morgan fingerprint density at radius 1 is 1.29 bits per heavy atom. The van der Waals surface area contributed by atoms with Gasteiger partial charge in [0.25, 0.3) is 0 Å². The Balaban J connectivity index is 1.37. The molecule has 0 saturated heterocycles. The lowest BCUT2D eigenvalue weighted by Crippen LogP contribution is -2.60. The second kappa shape index (κ2) is 6.21. The molecule has 6 heteroatoms. The third-order valence-corrected chi connectivity index (χ3v) is 6.96. The second-order valence-corrected chi connectivity index (χ2v) is 8.91. The molecule has 0 atom stereocenters. The van der Waals surface area contributed by atoms with Gasteiger partial charge in [-0.15, -0.1) is 16.8 Å². The lowest BCUT2D eigenvalue weighted by Gasteiger charge is -2.56. The highest BCUT2D eigenvalue weighted by molar-refractivity contribution is 7.99. The van der Waals surface area contributed by atoms with Gasteiger partial charge in [0.1, 0.15) is 5.82 Å². The molecule has 24 heavy (non-hydrogen) atoms. The summed E-state index contributed by atoms with van der Waals surface area (Å²) in [7, 11) is 0. The van der Waals surface area contributed by atoms with Crippen molar-refractivity contribution in [3.05, 3.63) is 18.5 Å². The molecule has 4 saturated carbocycles. The molecular weight excluding hydrogens is 320 g/mol. The van der Waals surface area contributed by atoms with Crippen molar-refractivity contribution in [2.75, 3.05) is 5.75 Å². The lowest BCUT2D eigenvalue weighted by atomic mass is 9.53. The van der Waals surface area contributed by atoms with Crippen LogP contribution in [0.25, 0.3) is 0 Å². The van der Waals surface area contributed by atoms with Crippen molar-refractivity contribution in [2.24, 2.45) is 17.8 Å². The maximum absolute atomic E-state index is 12.6. The summed E-state index contributed by atoms with van der Waals surface area (Å²) >= 11 is 1.47. The van der Waals surface area contributed by atoms with E-state index in [1.165, 1.54) is 50.3 Å². The highest BCUT2D eigenvalue weighted by atomic mass is 32.2. The minimum atomic E-state index is 0.0943. The number of nitrogens with zero attached hydrogens (tertiary/aromatic N) is 3. The summed E-state index contributed by atoms with van der Waals surface area (Å²) in [5, 5.41) is 12.5. The van der Waals surface area contributed by atoms with Gasteiger partial charge < -0.3 is 9.88 Å². The second-order valence-electron chi connectivity index (χ2n) is 7.96. The van der Waals surface area contributed by atoms with Gasteiger partial charge in [-0.25, -0.2) is 0 Å². The Bertz CT molecular complexity index is 618. The van der Waals surface area contributed by atoms with Crippen molar-refractivity contribution in [3.8, 4) is 0 Å². The fourth-order valence-electron chi connectivity index (χ4n) is 5.53. The molecule has 1 aromatic rings. The van der Waals surface area contributed by atoms with Crippen LogP contribution in [0.4, 0.5) is 0 Å². The normalized spacial score (nSPS) is 33.6. The van der Waals surface area contributed by atoms with Gasteiger partial charge in [0.05, 0.1) is 5.75 Å². The van der Waals surface area contributed by atoms with E-state index in [0.29, 0.717) is 12.3 Å². The van der Waals surface area contributed by atoms with E-state index in [1.807, 2.05) is 17.6 Å². The molecule has 1 amide bonds. The number of allylic oxidation sites excluding steroid dienone is 1. The van der Waals surface area contributed by atoms with Crippen molar-refractivity contribution in [1.29, 1.82) is 0 Å². The van der Waals surface area contributed by atoms with Crippen LogP contribution in [0.2, 0.25) is 0 Å². The molecule has 0 aliphatic heterocycles. The molecule has 4 aliphatic rings. The van der Waals surface area contributed by atoms with Gasteiger partial charge in [0.2, 0.25) is 5.91 Å². The predicted octanol–water partition coefficient (Wildman–Crippen LogP) is 2.95. The number of thioether (sulfide) groups is 1. The van der Waals surface area contributed by atoms with Crippen LogP contribution in [-0.2, 0) is 11.3 Å². The highest BCUT2D eigenvalue weighted by Gasteiger charge is 2.51. The van der Waals surface area contributed by atoms with Crippen molar-refractivity contribution in [3.63, 3.8) is 0 Å². The highest BCUT2D eigenvalue weighted by Crippen LogP contribution is 2.55. The quantitative estimate of drug-likeness (QED) is 0.635.